The van der Waals surface area contributed by atoms with Gasteiger partial charge in [-0.05, 0) is 42.7 Å². The predicted octanol–water partition coefficient (Wildman–Crippen LogP) is 3.53. The van der Waals surface area contributed by atoms with Crippen LogP contribution in [0.4, 0.5) is 5.69 Å². The zero-order chi connectivity index (χ0) is 20.2. The minimum atomic E-state index is -3.66. The molecule has 0 unspecified atom stereocenters. The summed E-state index contributed by atoms with van der Waals surface area (Å²) in [6.45, 7) is 3.20. The van der Waals surface area contributed by atoms with Gasteiger partial charge in [0, 0.05) is 0 Å². The lowest BCUT2D eigenvalue weighted by Gasteiger charge is -2.25. The van der Waals surface area contributed by atoms with E-state index in [0.717, 1.165) is 21.7 Å². The highest BCUT2D eigenvalue weighted by atomic mass is 35.5. The van der Waals surface area contributed by atoms with E-state index in [1.54, 1.807) is 44.2 Å². The molecule has 27 heavy (non-hydrogen) atoms. The van der Waals surface area contributed by atoms with Gasteiger partial charge in [0.15, 0.2) is 0 Å². The van der Waals surface area contributed by atoms with Gasteiger partial charge in [-0.1, -0.05) is 47.5 Å². The number of nitrogens with one attached hydrogen (secondary N) is 1. The van der Waals surface area contributed by atoms with E-state index >= 15 is 0 Å². The third-order valence-corrected chi connectivity index (χ3v) is 5.57. The number of benzene rings is 2. The second kappa shape index (κ2) is 8.73. The quantitative estimate of drug-likeness (QED) is 0.565. The molecule has 0 aromatic heterocycles. The topological polar surface area (TPSA) is 78.8 Å². The first-order chi connectivity index (χ1) is 12.6. The molecule has 0 spiro atoms. The van der Waals surface area contributed by atoms with Crippen molar-refractivity contribution < 1.29 is 13.2 Å². The van der Waals surface area contributed by atoms with Gasteiger partial charge in [0.25, 0.3) is 5.91 Å². The summed E-state index contributed by atoms with van der Waals surface area (Å²) < 4.78 is 25.5. The molecule has 6 nitrogen and oxygen atoms in total. The van der Waals surface area contributed by atoms with Gasteiger partial charge in [0.1, 0.15) is 6.54 Å². The zero-order valence-electron chi connectivity index (χ0n) is 15.0. The molecular formula is C18H19Cl2N3O3S. The summed E-state index contributed by atoms with van der Waals surface area (Å²) in [5, 5.41) is 4.62. The maximum absolute atomic E-state index is 12.2. The van der Waals surface area contributed by atoms with Crippen molar-refractivity contribution in [3.05, 3.63) is 63.1 Å². The molecular weight excluding hydrogens is 409 g/mol. The Kier molecular flexibility index (Phi) is 6.86. The Balaban J connectivity index is 2.15. The number of carbonyl (C=O) groups excluding carboxylic acids is 1. The van der Waals surface area contributed by atoms with Gasteiger partial charge in [0.2, 0.25) is 10.0 Å². The average molecular weight is 428 g/mol. The van der Waals surface area contributed by atoms with Crippen molar-refractivity contribution >= 4 is 51.0 Å². The van der Waals surface area contributed by atoms with Crippen molar-refractivity contribution in [3.63, 3.8) is 0 Å². The highest BCUT2D eigenvalue weighted by molar-refractivity contribution is 7.92. The molecule has 9 heteroatoms. The first-order valence-corrected chi connectivity index (χ1v) is 10.5. The molecule has 0 saturated heterocycles. The number of sulfonamides is 1. The molecule has 0 saturated carbocycles. The Bertz CT molecular complexity index is 971. The van der Waals surface area contributed by atoms with Crippen LogP contribution in [0.1, 0.15) is 16.7 Å². The Hall–Kier alpha value is -2.09. The third-order valence-electron chi connectivity index (χ3n) is 3.72. The summed E-state index contributed by atoms with van der Waals surface area (Å²) in [5.74, 6) is -0.570. The van der Waals surface area contributed by atoms with E-state index in [2.05, 4.69) is 10.5 Å². The summed E-state index contributed by atoms with van der Waals surface area (Å²) in [6.07, 6.45) is 2.45. The fourth-order valence-corrected chi connectivity index (χ4v) is 3.78. The van der Waals surface area contributed by atoms with Crippen molar-refractivity contribution in [1.29, 1.82) is 0 Å². The molecule has 0 bridgehead atoms. The Morgan fingerprint density at radius 1 is 1.15 bits per heavy atom. The summed E-state index contributed by atoms with van der Waals surface area (Å²) in [7, 11) is -3.66. The van der Waals surface area contributed by atoms with Crippen molar-refractivity contribution in [2.45, 2.75) is 13.8 Å². The molecule has 2 rings (SSSR count). The van der Waals surface area contributed by atoms with Crippen molar-refractivity contribution in [1.82, 2.24) is 5.43 Å². The van der Waals surface area contributed by atoms with Crippen LogP contribution in [0.3, 0.4) is 0 Å². The second-order valence-corrected chi connectivity index (χ2v) is 8.70. The van der Waals surface area contributed by atoms with Crippen molar-refractivity contribution in [2.75, 3.05) is 17.1 Å². The molecule has 0 atom stereocenters. The molecule has 1 amide bonds. The van der Waals surface area contributed by atoms with Crippen LogP contribution in [-0.2, 0) is 14.8 Å². The zero-order valence-corrected chi connectivity index (χ0v) is 17.4. The summed E-state index contributed by atoms with van der Waals surface area (Å²) in [6, 6.07) is 10.3. The Morgan fingerprint density at radius 2 is 1.78 bits per heavy atom. The normalized spacial score (nSPS) is 11.6. The lowest BCUT2D eigenvalue weighted by Crippen LogP contribution is -2.39. The smallest absolute Gasteiger partial charge is 0.260 e. The Morgan fingerprint density at radius 3 is 2.33 bits per heavy atom. The van der Waals surface area contributed by atoms with Crippen LogP contribution in [0.15, 0.2) is 41.5 Å². The highest BCUT2D eigenvalue weighted by Gasteiger charge is 2.23. The monoisotopic (exact) mass is 427 g/mol. The van der Waals surface area contributed by atoms with Gasteiger partial charge in [0.05, 0.1) is 28.2 Å². The lowest BCUT2D eigenvalue weighted by molar-refractivity contribution is -0.119. The molecule has 0 fully saturated rings. The van der Waals surface area contributed by atoms with Crippen LogP contribution in [0, 0.1) is 13.8 Å². The first kappa shape index (κ1) is 21.2. The van der Waals surface area contributed by atoms with Crippen LogP contribution in [0.25, 0.3) is 0 Å². The van der Waals surface area contributed by atoms with Gasteiger partial charge < -0.3 is 0 Å². The summed E-state index contributed by atoms with van der Waals surface area (Å²) in [5.41, 5.74) is 4.97. The van der Waals surface area contributed by atoms with Gasteiger partial charge in [-0.15, -0.1) is 0 Å². The molecule has 0 radical (unpaired) electrons. The molecule has 0 aliphatic carbocycles. The van der Waals surface area contributed by atoms with E-state index < -0.39 is 15.9 Å². The van der Waals surface area contributed by atoms with Crippen LogP contribution in [0.2, 0.25) is 10.0 Å². The number of nitrogens with zero attached hydrogens (tertiary/aromatic N) is 2. The highest BCUT2D eigenvalue weighted by Crippen LogP contribution is 2.26. The number of amides is 1. The number of aryl methyl sites for hydroxylation is 2. The van der Waals surface area contributed by atoms with Gasteiger partial charge in [-0.3, -0.25) is 9.10 Å². The molecule has 2 aromatic rings. The third kappa shape index (κ3) is 5.69. The number of hydrogen-bond donors (Lipinski definition) is 1. The van der Waals surface area contributed by atoms with Gasteiger partial charge in [-0.25, -0.2) is 13.8 Å². The van der Waals surface area contributed by atoms with Crippen LogP contribution in [0.5, 0.6) is 0 Å². The SMILES string of the molecule is Cc1cccc(C)c1N(CC(=O)N/N=C\c1ccc(Cl)c(Cl)c1)S(C)(=O)=O. The average Bonchev–Trinajstić information content (AvgIpc) is 2.56. The number of rotatable bonds is 6. The minimum absolute atomic E-state index is 0.366. The van der Waals surface area contributed by atoms with E-state index in [4.69, 9.17) is 23.2 Å². The van der Waals surface area contributed by atoms with Crippen LogP contribution in [-0.4, -0.2) is 33.3 Å². The number of carbonyl (C=O) groups is 1. The number of anilines is 1. The largest absolute Gasteiger partial charge is 0.271 e. The molecule has 0 aliphatic heterocycles. The van der Waals surface area contributed by atoms with E-state index in [0.29, 0.717) is 21.3 Å². The number of hydrogen-bond acceptors (Lipinski definition) is 4. The fourth-order valence-electron chi connectivity index (χ4n) is 2.50. The summed E-state index contributed by atoms with van der Waals surface area (Å²) in [4.78, 5) is 12.2. The van der Waals surface area contributed by atoms with Crippen LogP contribution < -0.4 is 9.73 Å². The maximum atomic E-state index is 12.2. The predicted molar refractivity (Wildman–Crippen MR) is 110 cm³/mol. The standard InChI is InChI=1S/C18H19Cl2N3O3S/c1-12-5-4-6-13(2)18(12)23(27(3,25)26)11-17(24)22-21-10-14-7-8-15(19)16(20)9-14/h4-10H,11H2,1-3H3,(H,22,24)/b21-10-. The molecule has 0 aliphatic rings. The van der Waals surface area contributed by atoms with Crippen LogP contribution >= 0.6 is 23.2 Å². The van der Waals surface area contributed by atoms with Gasteiger partial charge in [-0.2, -0.15) is 5.10 Å². The second-order valence-electron chi connectivity index (χ2n) is 5.98. The molecule has 144 valence electrons. The maximum Gasteiger partial charge on any atom is 0.260 e. The van der Waals surface area contributed by atoms with E-state index in [1.807, 2.05) is 6.07 Å². The minimum Gasteiger partial charge on any atom is -0.271 e. The molecule has 2 aromatic carbocycles. The van der Waals surface area contributed by atoms with Gasteiger partial charge >= 0.3 is 0 Å². The van der Waals surface area contributed by atoms with E-state index in [9.17, 15) is 13.2 Å². The van der Waals surface area contributed by atoms with E-state index in [1.165, 1.54) is 6.21 Å². The first-order valence-electron chi connectivity index (χ1n) is 7.90. The number of hydrazone groups is 1. The van der Waals surface area contributed by atoms with E-state index in [-0.39, 0.29) is 6.54 Å². The fraction of sp³-hybridized carbons (Fsp3) is 0.222. The number of para-hydroxylation sites is 1. The summed E-state index contributed by atoms with van der Waals surface area (Å²) >= 11 is 11.8. The molecule has 1 N–H and O–H groups in total. The Labute approximate surface area is 168 Å². The lowest BCUT2D eigenvalue weighted by atomic mass is 10.1. The van der Waals surface area contributed by atoms with Crippen molar-refractivity contribution in [2.24, 2.45) is 5.10 Å². The number of halogens is 2. The van der Waals surface area contributed by atoms with Crippen molar-refractivity contribution in [3.8, 4) is 0 Å². The molecule has 0 heterocycles.